The normalized spacial score (nSPS) is 21.2. The average Bonchev–Trinajstić information content (AvgIpc) is 3.74. The van der Waals surface area contributed by atoms with Gasteiger partial charge >= 0.3 is 0 Å². The molecule has 18 heteroatoms. The van der Waals surface area contributed by atoms with E-state index < -0.39 is 29.7 Å². The first-order valence-electron chi connectivity index (χ1n) is 19.9. The minimum absolute atomic E-state index is 0.0681. The maximum atomic E-state index is 13.3. The molecular weight excluding hydrogens is 747 g/mol. The van der Waals surface area contributed by atoms with Crippen LogP contribution in [0.2, 0.25) is 0 Å². The molecule has 18 nitrogen and oxygen atoms in total. The van der Waals surface area contributed by atoms with E-state index in [-0.39, 0.29) is 48.0 Å². The Hall–Kier alpha value is -5.85. The first kappa shape index (κ1) is 39.0. The number of nitrogens with zero attached hydrogens (tertiary/aromatic N) is 7. The topological polar surface area (TPSA) is 215 Å². The molecule has 3 aliphatic heterocycles. The van der Waals surface area contributed by atoms with E-state index in [1.165, 1.54) is 0 Å². The van der Waals surface area contributed by atoms with Gasteiger partial charge in [-0.05, 0) is 63.3 Å². The molecule has 6 heterocycles. The second-order valence-corrected chi connectivity index (χ2v) is 15.1. The summed E-state index contributed by atoms with van der Waals surface area (Å²) < 4.78 is 13.6. The molecule has 0 bridgehead atoms. The maximum absolute atomic E-state index is 13.3. The number of ether oxygens (including phenoxy) is 2. The summed E-state index contributed by atoms with van der Waals surface area (Å²) in [5, 5.41) is 12.1. The number of imidazole rings is 1. The van der Waals surface area contributed by atoms with Crippen molar-refractivity contribution in [1.29, 1.82) is 0 Å². The number of rotatable bonds is 16. The third-order valence-corrected chi connectivity index (χ3v) is 11.2. The number of pyridine rings is 1. The molecule has 58 heavy (non-hydrogen) atoms. The van der Waals surface area contributed by atoms with Crippen molar-refractivity contribution in [1.82, 2.24) is 44.9 Å². The fourth-order valence-electron chi connectivity index (χ4n) is 8.02. The molecule has 4 N–H and O–H groups in total. The fourth-order valence-corrected chi connectivity index (χ4v) is 8.02. The van der Waals surface area contributed by atoms with Gasteiger partial charge < -0.3 is 34.9 Å². The average molecular weight is 794 g/mol. The predicted molar refractivity (Wildman–Crippen MR) is 210 cm³/mol. The lowest BCUT2D eigenvalue weighted by atomic mass is 9.86. The lowest BCUT2D eigenvalue weighted by molar-refractivity contribution is -0.136. The van der Waals surface area contributed by atoms with E-state index in [1.807, 2.05) is 25.4 Å². The van der Waals surface area contributed by atoms with Crippen molar-refractivity contribution >= 4 is 52.2 Å². The number of piperidine rings is 2. The van der Waals surface area contributed by atoms with Gasteiger partial charge in [-0.3, -0.25) is 34.2 Å². The van der Waals surface area contributed by atoms with Crippen molar-refractivity contribution in [2.24, 2.45) is 0 Å². The number of aromatic nitrogens is 5. The number of nitrogens with one attached hydrogen (secondary N) is 4. The van der Waals surface area contributed by atoms with E-state index in [0.29, 0.717) is 44.4 Å². The molecule has 0 radical (unpaired) electrons. The van der Waals surface area contributed by atoms with Gasteiger partial charge in [0.25, 0.3) is 17.7 Å². The third-order valence-electron chi connectivity index (χ3n) is 11.2. The molecule has 1 saturated carbocycles. The highest BCUT2D eigenvalue weighted by Gasteiger charge is 2.45. The number of carbonyl (C=O) groups is 5. The van der Waals surface area contributed by atoms with Crippen LogP contribution >= 0.6 is 0 Å². The molecule has 1 aliphatic carbocycles. The quantitative estimate of drug-likeness (QED) is 0.0945. The number of benzene rings is 1. The van der Waals surface area contributed by atoms with Crippen molar-refractivity contribution in [2.75, 3.05) is 63.2 Å². The number of carbonyl (C=O) groups excluding carboxylic acids is 5. The molecule has 4 aliphatic rings. The van der Waals surface area contributed by atoms with Crippen LogP contribution in [0.1, 0.15) is 81.5 Å². The van der Waals surface area contributed by atoms with Crippen LogP contribution in [0, 0.1) is 6.92 Å². The van der Waals surface area contributed by atoms with Crippen LogP contribution in [-0.2, 0) is 19.1 Å². The van der Waals surface area contributed by atoms with Crippen LogP contribution < -0.4 is 21.3 Å². The van der Waals surface area contributed by atoms with Crippen LogP contribution in [0.5, 0.6) is 0 Å². The minimum atomic E-state index is -1.01. The van der Waals surface area contributed by atoms with Crippen molar-refractivity contribution in [2.45, 2.75) is 69.6 Å². The molecule has 5 amide bonds. The molecule has 1 atom stereocenters. The van der Waals surface area contributed by atoms with Crippen LogP contribution in [0.4, 0.5) is 11.5 Å². The molecule has 8 rings (SSSR count). The number of aryl methyl sites for hydroxylation is 1. The van der Waals surface area contributed by atoms with Gasteiger partial charge in [-0.15, -0.1) is 0 Å². The molecule has 3 fully saturated rings. The van der Waals surface area contributed by atoms with Gasteiger partial charge in [-0.2, -0.15) is 0 Å². The highest BCUT2D eigenvalue weighted by Crippen LogP contribution is 2.36. The molecule has 3 aromatic heterocycles. The molecule has 4 aromatic rings. The summed E-state index contributed by atoms with van der Waals surface area (Å²) in [6, 6.07) is 9.93. The summed E-state index contributed by atoms with van der Waals surface area (Å²) >= 11 is 0. The van der Waals surface area contributed by atoms with Crippen LogP contribution in [0.25, 0.3) is 11.2 Å². The van der Waals surface area contributed by atoms with E-state index in [9.17, 15) is 24.0 Å². The number of fused-ring (bicyclic) bond motifs is 2. The van der Waals surface area contributed by atoms with Crippen molar-refractivity contribution in [3.63, 3.8) is 0 Å². The van der Waals surface area contributed by atoms with Crippen LogP contribution in [-0.4, -0.2) is 135 Å². The smallest absolute Gasteiger partial charge is 0.270 e. The monoisotopic (exact) mass is 793 g/mol. The Morgan fingerprint density at radius 3 is 2.48 bits per heavy atom. The van der Waals surface area contributed by atoms with Crippen molar-refractivity contribution < 1.29 is 33.4 Å². The Labute approximate surface area is 334 Å². The van der Waals surface area contributed by atoms with E-state index in [2.05, 4.69) is 50.7 Å². The standard InChI is InChI=1S/C40H47N11O7/c1-24-4-2-7-30(45-24)37(53)47-26-20-27(21-26)50-23-44-34-35(42-22-43-36(34)50)46-25-10-13-49(14-11-25)15-17-58-19-18-57-16-12-41-29-6-3-5-28-33(29)40(56)51(39(28)55)31-8-9-32(52)48-38(31)54/h2-7,22-23,25-27,31,41H,8-21H2,1H3,(H,47,53)(H,42,43,46)(H,48,52,54). The van der Waals surface area contributed by atoms with Crippen molar-refractivity contribution in [3.8, 4) is 0 Å². The Bertz CT molecular complexity index is 2200. The largest absolute Gasteiger partial charge is 0.382 e. The maximum Gasteiger partial charge on any atom is 0.270 e. The summed E-state index contributed by atoms with van der Waals surface area (Å²) in [6.07, 6.45) is 7.09. The highest BCUT2D eigenvalue weighted by molar-refractivity contribution is 6.25. The highest BCUT2D eigenvalue weighted by atomic mass is 16.5. The van der Waals surface area contributed by atoms with E-state index in [0.717, 1.165) is 72.9 Å². The van der Waals surface area contributed by atoms with E-state index in [4.69, 9.17) is 9.47 Å². The van der Waals surface area contributed by atoms with E-state index >= 15 is 0 Å². The summed E-state index contributed by atoms with van der Waals surface area (Å²) in [6.45, 7) is 6.77. The van der Waals surface area contributed by atoms with Gasteiger partial charge in [0.05, 0.1) is 43.9 Å². The lowest BCUT2D eigenvalue weighted by Gasteiger charge is -2.36. The Morgan fingerprint density at radius 2 is 1.69 bits per heavy atom. The number of amides is 5. The number of hydrogen-bond donors (Lipinski definition) is 4. The third kappa shape index (κ3) is 8.39. The second kappa shape index (κ2) is 17.3. The zero-order valence-electron chi connectivity index (χ0n) is 32.3. The molecule has 2 saturated heterocycles. The summed E-state index contributed by atoms with van der Waals surface area (Å²) in [5.74, 6) is -1.55. The fraction of sp³-hybridized carbons (Fsp3) is 0.475. The zero-order chi connectivity index (χ0) is 40.2. The Morgan fingerprint density at radius 1 is 0.897 bits per heavy atom. The zero-order valence-corrected chi connectivity index (χ0v) is 32.3. The predicted octanol–water partition coefficient (Wildman–Crippen LogP) is 2.09. The SMILES string of the molecule is Cc1cccc(C(=O)NC2CC(n3cnc4c(NC5CCN(CCOCCOCCNc6cccc7c6C(=O)N(C6CCC(=O)NC6=O)C7=O)CC5)ncnc43)C2)n1. The summed E-state index contributed by atoms with van der Waals surface area (Å²) in [5.41, 5.74) is 3.73. The first-order chi connectivity index (χ1) is 28.2. The van der Waals surface area contributed by atoms with Gasteiger partial charge in [0.2, 0.25) is 11.8 Å². The van der Waals surface area contributed by atoms with Gasteiger partial charge in [-0.1, -0.05) is 12.1 Å². The number of imide groups is 2. The second-order valence-electron chi connectivity index (χ2n) is 15.1. The molecular formula is C40H47N11O7. The lowest BCUT2D eigenvalue weighted by Crippen LogP contribution is -2.54. The van der Waals surface area contributed by atoms with Crippen LogP contribution in [0.15, 0.2) is 49.1 Å². The van der Waals surface area contributed by atoms with Gasteiger partial charge in [0, 0.05) is 62.1 Å². The summed E-state index contributed by atoms with van der Waals surface area (Å²) in [4.78, 5) is 84.3. The number of likely N-dealkylation sites (tertiary alicyclic amines) is 1. The first-order valence-corrected chi connectivity index (χ1v) is 19.9. The number of anilines is 2. The molecule has 304 valence electrons. The van der Waals surface area contributed by atoms with E-state index in [1.54, 1.807) is 30.6 Å². The van der Waals surface area contributed by atoms with Gasteiger partial charge in [0.15, 0.2) is 11.5 Å². The van der Waals surface area contributed by atoms with Gasteiger partial charge in [0.1, 0.15) is 23.6 Å². The molecule has 1 unspecified atom stereocenters. The molecule has 0 spiro atoms. The van der Waals surface area contributed by atoms with Crippen LogP contribution in [0.3, 0.4) is 0 Å². The molecule has 1 aromatic carbocycles. The Balaban J connectivity index is 0.701. The number of hydrogen-bond acceptors (Lipinski definition) is 14. The van der Waals surface area contributed by atoms with Crippen molar-refractivity contribution in [3.05, 3.63) is 71.6 Å². The summed E-state index contributed by atoms with van der Waals surface area (Å²) in [7, 11) is 0. The van der Waals surface area contributed by atoms with Gasteiger partial charge in [-0.25, -0.2) is 19.9 Å². The Kier molecular flexibility index (Phi) is 11.7. The minimum Gasteiger partial charge on any atom is -0.382 e.